The minimum Gasteiger partial charge on any atom is -0.492 e. The summed E-state index contributed by atoms with van der Waals surface area (Å²) in [7, 11) is 0. The van der Waals surface area contributed by atoms with E-state index in [1.54, 1.807) is 12.1 Å². The van der Waals surface area contributed by atoms with Crippen LogP contribution in [0.25, 0.3) is 11.3 Å². The Morgan fingerprint density at radius 2 is 2.00 bits per heavy atom. The summed E-state index contributed by atoms with van der Waals surface area (Å²) in [4.78, 5) is 38.2. The number of hydroxylamine groups is 2. The lowest BCUT2D eigenvalue weighted by molar-refractivity contribution is -0.154. The molecule has 1 aliphatic heterocycles. The van der Waals surface area contributed by atoms with Crippen molar-refractivity contribution in [1.29, 1.82) is 0 Å². The molecule has 1 aromatic carbocycles. The van der Waals surface area contributed by atoms with Gasteiger partial charge in [0.15, 0.2) is 5.76 Å². The van der Waals surface area contributed by atoms with Gasteiger partial charge >= 0.3 is 0 Å². The Kier molecular flexibility index (Phi) is 11.4. The van der Waals surface area contributed by atoms with E-state index in [1.165, 1.54) is 12.8 Å². The largest absolute Gasteiger partial charge is 0.492 e. The van der Waals surface area contributed by atoms with Crippen LogP contribution in [0.4, 0.5) is 0 Å². The fraction of sp³-hybridized carbons (Fsp3) is 0.519. The van der Waals surface area contributed by atoms with Gasteiger partial charge < -0.3 is 19.8 Å². The highest BCUT2D eigenvalue weighted by molar-refractivity contribution is 5.92. The second kappa shape index (κ2) is 15.0. The van der Waals surface area contributed by atoms with Gasteiger partial charge in [-0.15, -0.1) is 0 Å². The number of unbranched alkanes of at least 4 members (excludes halogenated alkanes) is 2. The van der Waals surface area contributed by atoms with Gasteiger partial charge in [0.2, 0.25) is 12.3 Å². The molecule has 1 fully saturated rings. The van der Waals surface area contributed by atoms with E-state index in [9.17, 15) is 19.6 Å². The van der Waals surface area contributed by atoms with Crippen LogP contribution in [-0.2, 0) is 9.59 Å². The number of hydrogen-bond donors (Lipinski definition) is 3. The summed E-state index contributed by atoms with van der Waals surface area (Å²) < 4.78 is 11.6. The maximum absolute atomic E-state index is 12.5. The molecule has 3 amide bonds. The Labute approximate surface area is 217 Å². The predicted molar refractivity (Wildman–Crippen MR) is 138 cm³/mol. The molecule has 10 heteroatoms. The fourth-order valence-corrected chi connectivity index (χ4v) is 4.31. The van der Waals surface area contributed by atoms with Crippen LogP contribution in [0.2, 0.25) is 0 Å². The first kappa shape index (κ1) is 28.2. The highest BCUT2D eigenvalue weighted by Crippen LogP contribution is 2.26. The number of likely N-dealkylation sites (tertiary alicyclic amines) is 1. The molecule has 0 radical (unpaired) electrons. The summed E-state index contributed by atoms with van der Waals surface area (Å²) in [5, 5.41) is 15.2. The van der Waals surface area contributed by atoms with Crippen LogP contribution in [0.3, 0.4) is 0 Å². The Morgan fingerprint density at radius 1 is 1.19 bits per heavy atom. The first-order valence-corrected chi connectivity index (χ1v) is 13.0. The van der Waals surface area contributed by atoms with Crippen LogP contribution < -0.4 is 15.4 Å². The third-order valence-electron chi connectivity index (χ3n) is 6.39. The van der Waals surface area contributed by atoms with Gasteiger partial charge in [-0.3, -0.25) is 24.5 Å². The molecule has 1 saturated heterocycles. The zero-order valence-electron chi connectivity index (χ0n) is 21.5. The monoisotopic (exact) mass is 514 g/mol. The zero-order valence-corrected chi connectivity index (χ0v) is 21.5. The SMILES string of the molecule is CCCCCC(CN(O)C=O)C(=O)NCNC(=O)c1ccc(-c2cccc(OCCN3CCCC3)c2)o1. The van der Waals surface area contributed by atoms with Crippen molar-refractivity contribution >= 4 is 18.2 Å². The summed E-state index contributed by atoms with van der Waals surface area (Å²) in [6.45, 7) is 5.62. The number of benzene rings is 1. The molecule has 0 spiro atoms. The third-order valence-corrected chi connectivity index (χ3v) is 6.39. The topological polar surface area (TPSA) is 124 Å². The number of amides is 3. The highest BCUT2D eigenvalue weighted by Gasteiger charge is 2.21. The number of furan rings is 1. The predicted octanol–water partition coefficient (Wildman–Crippen LogP) is 3.27. The van der Waals surface area contributed by atoms with Crippen molar-refractivity contribution in [3.05, 3.63) is 42.2 Å². The lowest BCUT2D eigenvalue weighted by Crippen LogP contribution is -2.42. The second-order valence-corrected chi connectivity index (χ2v) is 9.23. The van der Waals surface area contributed by atoms with E-state index in [4.69, 9.17) is 9.15 Å². The summed E-state index contributed by atoms with van der Waals surface area (Å²) in [5.41, 5.74) is 0.796. The van der Waals surface area contributed by atoms with Gasteiger partial charge in [-0.2, -0.15) is 0 Å². The molecule has 1 aromatic heterocycles. The van der Waals surface area contributed by atoms with Crippen LogP contribution in [0, 0.1) is 5.92 Å². The van der Waals surface area contributed by atoms with E-state index in [1.807, 2.05) is 24.3 Å². The Morgan fingerprint density at radius 3 is 2.76 bits per heavy atom. The molecule has 0 bridgehead atoms. The molecule has 3 N–H and O–H groups in total. The van der Waals surface area contributed by atoms with Gasteiger partial charge in [0.25, 0.3) is 5.91 Å². The third kappa shape index (κ3) is 9.22. The van der Waals surface area contributed by atoms with E-state index >= 15 is 0 Å². The molecule has 0 aliphatic carbocycles. The number of nitrogens with zero attached hydrogens (tertiary/aromatic N) is 2. The van der Waals surface area contributed by atoms with Crippen LogP contribution in [0.15, 0.2) is 40.8 Å². The summed E-state index contributed by atoms with van der Waals surface area (Å²) in [5.74, 6) is 0.00598. The highest BCUT2D eigenvalue weighted by atomic mass is 16.5. The molecule has 2 aromatic rings. The number of nitrogens with one attached hydrogen (secondary N) is 2. The first-order valence-electron chi connectivity index (χ1n) is 13.0. The standard InChI is InChI=1S/C27H38N4O6/c1-2-3-4-8-22(18-31(35)20-32)26(33)28-19-29-27(34)25-12-11-24(37-25)21-9-7-10-23(17-21)36-16-15-30-13-5-6-14-30/h7,9-12,17,20,22,35H,2-6,8,13-16,18-19H2,1H3,(H,28,33)(H,29,34). The maximum Gasteiger partial charge on any atom is 0.288 e. The van der Waals surface area contributed by atoms with Gasteiger partial charge in [0, 0.05) is 12.1 Å². The van der Waals surface area contributed by atoms with E-state index < -0.39 is 11.8 Å². The van der Waals surface area contributed by atoms with Crippen molar-refractivity contribution in [3.8, 4) is 17.1 Å². The molecule has 37 heavy (non-hydrogen) atoms. The number of carbonyl (C=O) groups is 3. The Bertz CT molecular complexity index is 1000. The normalized spacial score (nSPS) is 14.2. The number of hydrogen-bond acceptors (Lipinski definition) is 7. The molecule has 0 saturated carbocycles. The van der Waals surface area contributed by atoms with Gasteiger partial charge in [-0.1, -0.05) is 38.3 Å². The van der Waals surface area contributed by atoms with Crippen LogP contribution in [-0.4, -0.2) is 72.8 Å². The summed E-state index contributed by atoms with van der Waals surface area (Å²) in [6.07, 6.45) is 6.03. The molecule has 202 valence electrons. The number of carbonyl (C=O) groups excluding carboxylic acids is 3. The van der Waals surface area contributed by atoms with Crippen molar-refractivity contribution in [2.24, 2.45) is 5.92 Å². The lowest BCUT2D eigenvalue weighted by atomic mass is 10.0. The van der Waals surface area contributed by atoms with E-state index in [-0.39, 0.29) is 31.3 Å². The smallest absolute Gasteiger partial charge is 0.288 e. The maximum atomic E-state index is 12.5. The molecular weight excluding hydrogens is 476 g/mol. The molecule has 3 rings (SSSR count). The Balaban J connectivity index is 1.47. The number of ether oxygens (including phenoxy) is 1. The van der Waals surface area contributed by atoms with Gasteiger partial charge in [-0.25, -0.2) is 5.06 Å². The summed E-state index contributed by atoms with van der Waals surface area (Å²) in [6, 6.07) is 10.8. The Hall–Kier alpha value is -3.37. The average Bonchev–Trinajstić information content (AvgIpc) is 3.61. The quantitative estimate of drug-likeness (QED) is 0.103. The number of rotatable bonds is 16. The lowest BCUT2D eigenvalue weighted by Gasteiger charge is -2.19. The van der Waals surface area contributed by atoms with Crippen molar-refractivity contribution in [2.75, 3.05) is 39.5 Å². The molecule has 1 atom stereocenters. The molecule has 2 heterocycles. The minimum absolute atomic E-state index is 0.102. The van der Waals surface area contributed by atoms with E-state index in [0.717, 1.165) is 50.2 Å². The second-order valence-electron chi connectivity index (χ2n) is 9.23. The van der Waals surface area contributed by atoms with Crippen molar-refractivity contribution < 1.29 is 28.7 Å². The van der Waals surface area contributed by atoms with Crippen molar-refractivity contribution in [3.63, 3.8) is 0 Å². The van der Waals surface area contributed by atoms with Crippen molar-refractivity contribution in [1.82, 2.24) is 20.6 Å². The van der Waals surface area contributed by atoms with Crippen molar-refractivity contribution in [2.45, 2.75) is 45.4 Å². The van der Waals surface area contributed by atoms with Crippen LogP contribution >= 0.6 is 0 Å². The van der Waals surface area contributed by atoms with Gasteiger partial charge in [0.05, 0.1) is 19.1 Å². The molecule has 10 nitrogen and oxygen atoms in total. The van der Waals surface area contributed by atoms with Crippen LogP contribution in [0.5, 0.6) is 5.75 Å². The first-order chi connectivity index (χ1) is 18.0. The van der Waals surface area contributed by atoms with Gasteiger partial charge in [-0.05, 0) is 56.6 Å². The van der Waals surface area contributed by atoms with E-state index in [0.29, 0.717) is 23.9 Å². The van der Waals surface area contributed by atoms with Crippen LogP contribution in [0.1, 0.15) is 56.0 Å². The summed E-state index contributed by atoms with van der Waals surface area (Å²) >= 11 is 0. The minimum atomic E-state index is -0.571. The zero-order chi connectivity index (χ0) is 26.5. The molecular formula is C27H38N4O6. The van der Waals surface area contributed by atoms with Gasteiger partial charge in [0.1, 0.15) is 18.1 Å². The molecule has 1 aliphatic rings. The molecule has 1 unspecified atom stereocenters. The van der Waals surface area contributed by atoms with E-state index in [2.05, 4.69) is 22.5 Å². The average molecular weight is 515 g/mol. The fourth-order valence-electron chi connectivity index (χ4n) is 4.31.